The lowest BCUT2D eigenvalue weighted by molar-refractivity contribution is -0.146. The van der Waals surface area contributed by atoms with Gasteiger partial charge < -0.3 is 5.32 Å². The third kappa shape index (κ3) is 2.26. The number of imide groups is 1. The number of pyridine rings is 1. The molecule has 104 valence electrons. The van der Waals surface area contributed by atoms with Gasteiger partial charge in [0, 0.05) is 24.1 Å². The molecule has 8 heteroatoms. The number of aromatic nitrogens is 3. The Kier molecular flexibility index (Phi) is 3.17. The highest BCUT2D eigenvalue weighted by Gasteiger charge is 2.32. The van der Waals surface area contributed by atoms with Crippen molar-refractivity contribution in [3.63, 3.8) is 0 Å². The summed E-state index contributed by atoms with van der Waals surface area (Å²) in [5, 5.41) is 7.24. The number of carbonyl (C=O) groups excluding carboxylic acids is 2. The molecule has 7 nitrogen and oxygen atoms in total. The molecule has 2 aromatic rings. The number of hydrogen-bond acceptors (Lipinski definition) is 5. The number of likely N-dealkylation sites (N-methyl/N-ethyl adjacent to an activating group) is 1. The van der Waals surface area contributed by atoms with E-state index in [4.69, 9.17) is 0 Å². The van der Waals surface area contributed by atoms with Crippen molar-refractivity contribution < 1.29 is 9.59 Å². The zero-order valence-electron chi connectivity index (χ0n) is 10.7. The van der Waals surface area contributed by atoms with Gasteiger partial charge in [-0.25, -0.2) is 4.52 Å². The van der Waals surface area contributed by atoms with Crippen LogP contribution in [0.2, 0.25) is 0 Å². The Bertz CT molecular complexity index is 698. The zero-order valence-corrected chi connectivity index (χ0v) is 12.3. The first-order valence-electron chi connectivity index (χ1n) is 6.13. The maximum Gasteiger partial charge on any atom is 0.251 e. The molecular formula is C12H12BrN5O2. The van der Waals surface area contributed by atoms with Crippen LogP contribution >= 0.6 is 15.9 Å². The fraction of sp³-hybridized carbons (Fsp3) is 0.333. The maximum atomic E-state index is 12.0. The Balaban J connectivity index is 1.82. The van der Waals surface area contributed by atoms with E-state index in [1.807, 2.05) is 12.1 Å². The number of fused-ring (bicyclic) bond motifs is 1. The molecule has 0 saturated carbocycles. The van der Waals surface area contributed by atoms with E-state index in [1.165, 1.54) is 7.05 Å². The summed E-state index contributed by atoms with van der Waals surface area (Å²) in [6.07, 6.45) is 2.59. The first-order chi connectivity index (χ1) is 9.54. The molecule has 2 aromatic heterocycles. The topological polar surface area (TPSA) is 79.6 Å². The summed E-state index contributed by atoms with van der Waals surface area (Å²) < 4.78 is 2.51. The van der Waals surface area contributed by atoms with Gasteiger partial charge in [0.1, 0.15) is 6.04 Å². The molecule has 1 atom stereocenters. The minimum atomic E-state index is -0.460. The second-order valence-corrected chi connectivity index (χ2v) is 5.53. The highest BCUT2D eigenvalue weighted by atomic mass is 79.9. The SMILES string of the molecule is CN1C(=O)CCC(Nc2nc3ccc(Br)cn3n2)C1=O. The van der Waals surface area contributed by atoms with Crippen LogP contribution in [0.4, 0.5) is 5.95 Å². The van der Waals surface area contributed by atoms with Crippen molar-refractivity contribution in [2.24, 2.45) is 0 Å². The van der Waals surface area contributed by atoms with Crippen LogP contribution in [-0.2, 0) is 9.59 Å². The van der Waals surface area contributed by atoms with Crippen molar-refractivity contribution in [1.29, 1.82) is 0 Å². The Hall–Kier alpha value is -1.96. The van der Waals surface area contributed by atoms with Crippen molar-refractivity contribution >= 4 is 39.3 Å². The van der Waals surface area contributed by atoms with Crippen LogP contribution in [-0.4, -0.2) is 44.4 Å². The summed E-state index contributed by atoms with van der Waals surface area (Å²) in [6, 6.07) is 3.23. The van der Waals surface area contributed by atoms with E-state index < -0.39 is 6.04 Å². The van der Waals surface area contributed by atoms with Crippen LogP contribution in [0, 0.1) is 0 Å². The van der Waals surface area contributed by atoms with Crippen LogP contribution in [0.25, 0.3) is 5.65 Å². The molecule has 3 rings (SSSR count). The van der Waals surface area contributed by atoms with E-state index in [2.05, 4.69) is 31.3 Å². The summed E-state index contributed by atoms with van der Waals surface area (Å²) in [6.45, 7) is 0. The summed E-state index contributed by atoms with van der Waals surface area (Å²) in [5.41, 5.74) is 0.684. The molecule has 1 aliphatic heterocycles. The minimum absolute atomic E-state index is 0.153. The van der Waals surface area contributed by atoms with Gasteiger partial charge in [0.25, 0.3) is 5.91 Å². The lowest BCUT2D eigenvalue weighted by Gasteiger charge is -2.27. The van der Waals surface area contributed by atoms with Crippen molar-refractivity contribution in [1.82, 2.24) is 19.5 Å². The fourth-order valence-corrected chi connectivity index (χ4v) is 2.45. The lowest BCUT2D eigenvalue weighted by Crippen LogP contribution is -2.48. The van der Waals surface area contributed by atoms with Gasteiger partial charge in [0.05, 0.1) is 0 Å². The predicted octanol–water partition coefficient (Wildman–Crippen LogP) is 1.05. The van der Waals surface area contributed by atoms with Gasteiger partial charge in [-0.3, -0.25) is 14.5 Å². The molecule has 1 unspecified atom stereocenters. The predicted molar refractivity (Wildman–Crippen MR) is 75.1 cm³/mol. The standard InChI is InChI=1S/C12H12BrN5O2/c1-17-10(19)5-3-8(11(17)20)14-12-15-9-4-2-7(13)6-18(9)16-12/h2,4,6,8H,3,5H2,1H3,(H,14,16). The second-order valence-electron chi connectivity index (χ2n) is 4.61. The number of nitrogens with zero attached hydrogens (tertiary/aromatic N) is 4. The smallest absolute Gasteiger partial charge is 0.251 e. The number of piperidine rings is 1. The van der Waals surface area contributed by atoms with E-state index >= 15 is 0 Å². The fourth-order valence-electron chi connectivity index (χ4n) is 2.12. The zero-order chi connectivity index (χ0) is 14.3. The van der Waals surface area contributed by atoms with Gasteiger partial charge in [0.15, 0.2) is 5.65 Å². The van der Waals surface area contributed by atoms with E-state index in [-0.39, 0.29) is 11.8 Å². The first kappa shape index (κ1) is 13.0. The number of amides is 2. The number of nitrogens with one attached hydrogen (secondary N) is 1. The Morgan fingerprint density at radius 2 is 2.20 bits per heavy atom. The average molecular weight is 338 g/mol. The maximum absolute atomic E-state index is 12.0. The summed E-state index contributed by atoms with van der Waals surface area (Å²) in [5.74, 6) is -0.0228. The van der Waals surface area contributed by atoms with Crippen LogP contribution in [0.5, 0.6) is 0 Å². The first-order valence-corrected chi connectivity index (χ1v) is 6.93. The molecular weight excluding hydrogens is 326 g/mol. The quantitative estimate of drug-likeness (QED) is 0.828. The number of halogens is 1. The summed E-state index contributed by atoms with van der Waals surface area (Å²) >= 11 is 3.36. The molecule has 0 radical (unpaired) electrons. The molecule has 1 fully saturated rings. The van der Waals surface area contributed by atoms with E-state index in [0.29, 0.717) is 24.4 Å². The van der Waals surface area contributed by atoms with Crippen molar-refractivity contribution in [2.75, 3.05) is 12.4 Å². The highest BCUT2D eigenvalue weighted by Crippen LogP contribution is 2.17. The van der Waals surface area contributed by atoms with Gasteiger partial charge in [-0.2, -0.15) is 4.98 Å². The van der Waals surface area contributed by atoms with E-state index in [0.717, 1.165) is 9.37 Å². The van der Waals surface area contributed by atoms with Gasteiger partial charge >= 0.3 is 0 Å². The molecule has 2 amide bonds. The minimum Gasteiger partial charge on any atom is -0.341 e. The monoisotopic (exact) mass is 337 g/mol. The molecule has 1 saturated heterocycles. The Labute approximate surface area is 123 Å². The van der Waals surface area contributed by atoms with Crippen LogP contribution in [0.3, 0.4) is 0 Å². The molecule has 0 bridgehead atoms. The van der Waals surface area contributed by atoms with Crippen LogP contribution in [0.1, 0.15) is 12.8 Å². The third-order valence-electron chi connectivity index (χ3n) is 3.25. The van der Waals surface area contributed by atoms with Crippen LogP contribution in [0.15, 0.2) is 22.8 Å². The number of carbonyl (C=O) groups is 2. The molecule has 1 aliphatic rings. The summed E-state index contributed by atoms with van der Waals surface area (Å²) in [7, 11) is 1.49. The van der Waals surface area contributed by atoms with Gasteiger partial charge in [0.2, 0.25) is 11.9 Å². The Morgan fingerprint density at radius 3 is 3.00 bits per heavy atom. The third-order valence-corrected chi connectivity index (χ3v) is 3.72. The number of rotatable bonds is 2. The largest absolute Gasteiger partial charge is 0.341 e. The lowest BCUT2D eigenvalue weighted by atomic mass is 10.1. The van der Waals surface area contributed by atoms with Gasteiger partial charge in [-0.1, -0.05) is 0 Å². The number of hydrogen-bond donors (Lipinski definition) is 1. The molecule has 20 heavy (non-hydrogen) atoms. The Morgan fingerprint density at radius 1 is 1.40 bits per heavy atom. The van der Waals surface area contributed by atoms with Gasteiger partial charge in [-0.05, 0) is 34.5 Å². The molecule has 0 spiro atoms. The van der Waals surface area contributed by atoms with Crippen molar-refractivity contribution in [3.05, 3.63) is 22.8 Å². The van der Waals surface area contributed by atoms with Gasteiger partial charge in [-0.15, -0.1) is 5.10 Å². The second kappa shape index (κ2) is 4.86. The molecule has 3 heterocycles. The highest BCUT2D eigenvalue weighted by molar-refractivity contribution is 9.10. The van der Waals surface area contributed by atoms with E-state index in [9.17, 15) is 9.59 Å². The van der Waals surface area contributed by atoms with Crippen LogP contribution < -0.4 is 5.32 Å². The van der Waals surface area contributed by atoms with Crippen molar-refractivity contribution in [2.45, 2.75) is 18.9 Å². The number of anilines is 1. The number of likely N-dealkylation sites (tertiary alicyclic amines) is 1. The molecule has 0 aromatic carbocycles. The average Bonchev–Trinajstić information content (AvgIpc) is 2.81. The molecule has 1 N–H and O–H groups in total. The molecule has 0 aliphatic carbocycles. The van der Waals surface area contributed by atoms with E-state index in [1.54, 1.807) is 10.7 Å². The summed E-state index contributed by atoms with van der Waals surface area (Å²) in [4.78, 5) is 28.8. The normalized spacial score (nSPS) is 19.7. The van der Waals surface area contributed by atoms with Crippen molar-refractivity contribution in [3.8, 4) is 0 Å².